The summed E-state index contributed by atoms with van der Waals surface area (Å²) >= 11 is 0. The fraction of sp³-hybridized carbons (Fsp3) is 0.250. The number of imidazole rings is 1. The summed E-state index contributed by atoms with van der Waals surface area (Å²) in [5, 5.41) is 9.37. The van der Waals surface area contributed by atoms with E-state index in [1.165, 1.54) is 0 Å². The number of phenols is 1. The molecule has 1 heterocycles. The molecule has 4 nitrogen and oxygen atoms in total. The van der Waals surface area contributed by atoms with E-state index < -0.39 is 0 Å². The molecule has 0 saturated heterocycles. The SMILES string of the molecule is O=c1n(-c2cccc(O)c2)ccn1C1CC1. The van der Waals surface area contributed by atoms with Gasteiger partial charge in [-0.1, -0.05) is 6.07 Å². The highest BCUT2D eigenvalue weighted by molar-refractivity contribution is 5.38. The smallest absolute Gasteiger partial charge is 0.332 e. The zero-order valence-electron chi connectivity index (χ0n) is 8.71. The van der Waals surface area contributed by atoms with Gasteiger partial charge in [-0.05, 0) is 25.0 Å². The number of aromatic hydroxyl groups is 1. The largest absolute Gasteiger partial charge is 0.508 e. The second-order valence-corrected chi connectivity index (χ2v) is 4.11. The van der Waals surface area contributed by atoms with Crippen LogP contribution in [0.2, 0.25) is 0 Å². The fourth-order valence-electron chi connectivity index (χ4n) is 1.86. The van der Waals surface area contributed by atoms with Crippen LogP contribution in [0.1, 0.15) is 18.9 Å². The second-order valence-electron chi connectivity index (χ2n) is 4.11. The molecule has 3 rings (SSSR count). The van der Waals surface area contributed by atoms with Crippen molar-refractivity contribution in [2.45, 2.75) is 18.9 Å². The molecule has 1 fully saturated rings. The van der Waals surface area contributed by atoms with Crippen molar-refractivity contribution in [2.75, 3.05) is 0 Å². The molecular weight excluding hydrogens is 204 g/mol. The Morgan fingerprint density at radius 1 is 1.25 bits per heavy atom. The number of aromatic nitrogens is 2. The Bertz CT molecular complexity index is 579. The number of nitrogens with zero attached hydrogens (tertiary/aromatic N) is 2. The molecule has 0 spiro atoms. The van der Waals surface area contributed by atoms with Gasteiger partial charge in [-0.15, -0.1) is 0 Å². The van der Waals surface area contributed by atoms with Gasteiger partial charge in [-0.3, -0.25) is 9.13 Å². The molecule has 0 radical (unpaired) electrons. The van der Waals surface area contributed by atoms with Gasteiger partial charge in [0, 0.05) is 24.5 Å². The zero-order chi connectivity index (χ0) is 11.1. The Balaban J connectivity index is 2.09. The predicted octanol–water partition coefficient (Wildman–Crippen LogP) is 1.68. The van der Waals surface area contributed by atoms with Crippen LogP contribution in [0.5, 0.6) is 5.75 Å². The Labute approximate surface area is 92.4 Å². The second kappa shape index (κ2) is 3.27. The highest BCUT2D eigenvalue weighted by Crippen LogP contribution is 2.33. The Morgan fingerprint density at radius 2 is 2.06 bits per heavy atom. The van der Waals surface area contributed by atoms with Crippen molar-refractivity contribution < 1.29 is 5.11 Å². The Kier molecular flexibility index (Phi) is 1.89. The first-order chi connectivity index (χ1) is 7.75. The van der Waals surface area contributed by atoms with Crippen molar-refractivity contribution in [2.24, 2.45) is 0 Å². The Hall–Kier alpha value is -1.97. The van der Waals surface area contributed by atoms with E-state index in [1.54, 1.807) is 39.6 Å². The summed E-state index contributed by atoms with van der Waals surface area (Å²) in [6.07, 6.45) is 5.73. The fourth-order valence-corrected chi connectivity index (χ4v) is 1.86. The summed E-state index contributed by atoms with van der Waals surface area (Å²) in [5.74, 6) is 0.170. The van der Waals surface area contributed by atoms with Crippen molar-refractivity contribution in [1.82, 2.24) is 9.13 Å². The van der Waals surface area contributed by atoms with Crippen LogP contribution in [0.4, 0.5) is 0 Å². The molecule has 0 aliphatic heterocycles. The van der Waals surface area contributed by atoms with Gasteiger partial charge in [0.2, 0.25) is 0 Å². The number of hydrogen-bond acceptors (Lipinski definition) is 2. The Morgan fingerprint density at radius 3 is 2.75 bits per heavy atom. The van der Waals surface area contributed by atoms with Crippen molar-refractivity contribution in [1.29, 1.82) is 0 Å². The quantitative estimate of drug-likeness (QED) is 0.830. The molecule has 0 atom stereocenters. The topological polar surface area (TPSA) is 47.2 Å². The van der Waals surface area contributed by atoms with E-state index in [0.29, 0.717) is 11.7 Å². The summed E-state index contributed by atoms with van der Waals surface area (Å²) < 4.78 is 3.31. The molecule has 4 heteroatoms. The highest BCUT2D eigenvalue weighted by atomic mass is 16.3. The van der Waals surface area contributed by atoms with Crippen molar-refractivity contribution in [3.63, 3.8) is 0 Å². The van der Waals surface area contributed by atoms with Crippen LogP contribution in [0.3, 0.4) is 0 Å². The van der Waals surface area contributed by atoms with Crippen molar-refractivity contribution in [3.8, 4) is 11.4 Å². The number of benzene rings is 1. The van der Waals surface area contributed by atoms with Crippen molar-refractivity contribution >= 4 is 0 Å². The van der Waals surface area contributed by atoms with Gasteiger partial charge in [0.1, 0.15) is 5.75 Å². The van der Waals surface area contributed by atoms with Crippen LogP contribution in [-0.4, -0.2) is 14.2 Å². The summed E-state index contributed by atoms with van der Waals surface area (Å²) in [4.78, 5) is 12.0. The average molecular weight is 216 g/mol. The molecule has 2 aromatic rings. The maximum Gasteiger partial charge on any atom is 0.332 e. The number of hydrogen-bond donors (Lipinski definition) is 1. The maximum absolute atomic E-state index is 12.0. The molecule has 1 N–H and O–H groups in total. The van der Waals surface area contributed by atoms with Gasteiger partial charge in [-0.2, -0.15) is 0 Å². The van der Waals surface area contributed by atoms with E-state index in [1.807, 2.05) is 6.20 Å². The van der Waals surface area contributed by atoms with E-state index in [-0.39, 0.29) is 11.4 Å². The third-order valence-corrected chi connectivity index (χ3v) is 2.85. The minimum atomic E-state index is -0.0342. The number of phenolic OH excluding ortho intramolecular Hbond substituents is 1. The van der Waals surface area contributed by atoms with E-state index in [0.717, 1.165) is 12.8 Å². The monoisotopic (exact) mass is 216 g/mol. The summed E-state index contributed by atoms with van der Waals surface area (Å²) in [6, 6.07) is 7.08. The lowest BCUT2D eigenvalue weighted by Gasteiger charge is -2.01. The summed E-state index contributed by atoms with van der Waals surface area (Å²) in [6.45, 7) is 0. The molecular formula is C12H12N2O2. The van der Waals surface area contributed by atoms with E-state index >= 15 is 0 Å². The molecule has 0 unspecified atom stereocenters. The van der Waals surface area contributed by atoms with Gasteiger partial charge in [0.15, 0.2) is 0 Å². The van der Waals surface area contributed by atoms with E-state index in [4.69, 9.17) is 0 Å². The summed E-state index contributed by atoms with van der Waals surface area (Å²) in [7, 11) is 0. The average Bonchev–Trinajstić information content (AvgIpc) is 3.03. The van der Waals surface area contributed by atoms with Crippen LogP contribution in [0.15, 0.2) is 41.5 Å². The molecule has 1 saturated carbocycles. The zero-order valence-corrected chi connectivity index (χ0v) is 8.71. The van der Waals surface area contributed by atoms with Gasteiger partial charge in [0.25, 0.3) is 0 Å². The lowest BCUT2D eigenvalue weighted by atomic mass is 10.3. The minimum Gasteiger partial charge on any atom is -0.508 e. The first-order valence-corrected chi connectivity index (χ1v) is 5.34. The standard InChI is InChI=1S/C12H12N2O2/c15-11-3-1-2-10(8-11)14-7-6-13(12(14)16)9-4-5-9/h1-3,6-9,15H,4-5H2. The molecule has 1 aromatic heterocycles. The predicted molar refractivity (Wildman–Crippen MR) is 60.0 cm³/mol. The highest BCUT2D eigenvalue weighted by Gasteiger charge is 2.25. The van der Waals surface area contributed by atoms with Gasteiger partial charge < -0.3 is 5.11 Å². The maximum atomic E-state index is 12.0. The minimum absolute atomic E-state index is 0.0342. The molecule has 16 heavy (non-hydrogen) atoms. The lowest BCUT2D eigenvalue weighted by molar-refractivity contribution is 0.475. The molecule has 1 aliphatic rings. The molecule has 0 amide bonds. The molecule has 82 valence electrons. The molecule has 1 aliphatic carbocycles. The normalized spacial score (nSPS) is 15.2. The van der Waals surface area contributed by atoms with Crippen LogP contribution in [0.25, 0.3) is 5.69 Å². The van der Waals surface area contributed by atoms with Crippen LogP contribution < -0.4 is 5.69 Å². The van der Waals surface area contributed by atoms with Gasteiger partial charge >= 0.3 is 5.69 Å². The first kappa shape index (κ1) is 9.27. The van der Waals surface area contributed by atoms with Gasteiger partial charge in [-0.25, -0.2) is 4.79 Å². The van der Waals surface area contributed by atoms with Gasteiger partial charge in [0.05, 0.1) is 5.69 Å². The third-order valence-electron chi connectivity index (χ3n) is 2.85. The van der Waals surface area contributed by atoms with E-state index in [9.17, 15) is 9.90 Å². The molecule has 1 aromatic carbocycles. The van der Waals surface area contributed by atoms with Crippen LogP contribution >= 0.6 is 0 Å². The first-order valence-electron chi connectivity index (χ1n) is 5.34. The lowest BCUT2D eigenvalue weighted by Crippen LogP contribution is -2.22. The third kappa shape index (κ3) is 1.43. The molecule has 0 bridgehead atoms. The van der Waals surface area contributed by atoms with Crippen LogP contribution in [0, 0.1) is 0 Å². The van der Waals surface area contributed by atoms with Crippen molar-refractivity contribution in [3.05, 3.63) is 47.1 Å². The van der Waals surface area contributed by atoms with Crippen LogP contribution in [-0.2, 0) is 0 Å². The summed E-state index contributed by atoms with van der Waals surface area (Å²) in [5.41, 5.74) is 0.664. The van der Waals surface area contributed by atoms with E-state index in [2.05, 4.69) is 0 Å². The number of rotatable bonds is 2.